The number of anilines is 2. The molecule has 0 saturated heterocycles. The van der Waals surface area contributed by atoms with Crippen molar-refractivity contribution in [1.82, 2.24) is 30.5 Å². The molecule has 3 N–H and O–H groups in total. The van der Waals surface area contributed by atoms with Crippen LogP contribution in [0.2, 0.25) is 0 Å². The minimum Gasteiger partial charge on any atom is -0.446 e. The molecule has 0 radical (unpaired) electrons. The van der Waals surface area contributed by atoms with E-state index in [9.17, 15) is 4.79 Å². The van der Waals surface area contributed by atoms with Gasteiger partial charge in [0.15, 0.2) is 17.3 Å². The normalized spacial score (nSPS) is 19.5. The Labute approximate surface area is 160 Å². The Hall–Kier alpha value is -2.75. The van der Waals surface area contributed by atoms with Gasteiger partial charge < -0.3 is 15.4 Å². The third-order valence-electron chi connectivity index (χ3n) is 4.48. The number of aromatic amines is 1. The van der Waals surface area contributed by atoms with Crippen molar-refractivity contribution in [2.75, 3.05) is 5.32 Å². The van der Waals surface area contributed by atoms with Gasteiger partial charge in [0.2, 0.25) is 0 Å². The Morgan fingerprint density at radius 2 is 2.22 bits per heavy atom. The molecule has 10 heteroatoms. The van der Waals surface area contributed by atoms with Gasteiger partial charge >= 0.3 is 6.09 Å². The maximum atomic E-state index is 11.8. The van der Waals surface area contributed by atoms with Crippen LogP contribution in [0.3, 0.4) is 0 Å². The van der Waals surface area contributed by atoms with E-state index in [1.54, 1.807) is 5.51 Å². The molecule has 9 nitrogen and oxygen atoms in total. The van der Waals surface area contributed by atoms with Gasteiger partial charge in [-0.3, -0.25) is 5.10 Å². The minimum atomic E-state index is -0.347. The first kappa shape index (κ1) is 17.7. The number of alkyl carbamates (subject to hydrolysis) is 1. The van der Waals surface area contributed by atoms with Crippen LogP contribution >= 0.6 is 11.3 Å². The van der Waals surface area contributed by atoms with Crippen molar-refractivity contribution in [3.05, 3.63) is 23.6 Å². The van der Waals surface area contributed by atoms with Gasteiger partial charge in [-0.2, -0.15) is 5.10 Å². The van der Waals surface area contributed by atoms with Crippen molar-refractivity contribution in [3.63, 3.8) is 0 Å². The number of hydrogen-bond acceptors (Lipinski definition) is 8. The lowest BCUT2D eigenvalue weighted by Crippen LogP contribution is -2.33. The number of carbonyl (C=O) groups is 1. The average molecular weight is 387 g/mol. The standard InChI is InChI=1S/C17H21N7O2S/c1-9(2)21-17(25)26-11-4-3-10(5-11)12-6-13(24-23-12)22-16-14-15(18-7-19-16)20-8-27-14/h6-11H,3-5H2,1-2H3,(H,21,25)(H2,18,19,22,23,24). The molecule has 0 aliphatic heterocycles. The molecule has 3 heterocycles. The SMILES string of the molecule is CC(C)NC(=O)OC1CCC(c2cc(Nc3ncnc4ncsc34)n[nH]2)C1. The van der Waals surface area contributed by atoms with Crippen molar-refractivity contribution in [2.24, 2.45) is 0 Å². The van der Waals surface area contributed by atoms with Gasteiger partial charge in [0.1, 0.15) is 17.1 Å². The van der Waals surface area contributed by atoms with Crippen LogP contribution in [0, 0.1) is 0 Å². The van der Waals surface area contributed by atoms with Crippen LogP contribution in [0.4, 0.5) is 16.4 Å². The van der Waals surface area contributed by atoms with Crippen LogP contribution in [0.5, 0.6) is 0 Å². The molecular weight excluding hydrogens is 366 g/mol. The summed E-state index contributed by atoms with van der Waals surface area (Å²) in [5, 5.41) is 13.4. The zero-order valence-corrected chi connectivity index (χ0v) is 15.9. The highest BCUT2D eigenvalue weighted by Crippen LogP contribution is 2.36. The number of rotatable bonds is 5. The van der Waals surface area contributed by atoms with E-state index in [1.165, 1.54) is 17.7 Å². The Morgan fingerprint density at radius 1 is 1.33 bits per heavy atom. The summed E-state index contributed by atoms with van der Waals surface area (Å²) < 4.78 is 6.39. The molecule has 1 fully saturated rings. The first-order valence-electron chi connectivity index (χ1n) is 8.92. The highest BCUT2D eigenvalue weighted by molar-refractivity contribution is 7.17. The first-order valence-corrected chi connectivity index (χ1v) is 9.80. The van der Waals surface area contributed by atoms with Crippen molar-refractivity contribution in [2.45, 2.75) is 51.2 Å². The molecule has 3 aromatic heterocycles. The smallest absolute Gasteiger partial charge is 0.407 e. The molecule has 4 rings (SSSR count). The lowest BCUT2D eigenvalue weighted by Gasteiger charge is -2.14. The maximum Gasteiger partial charge on any atom is 0.407 e. The summed E-state index contributed by atoms with van der Waals surface area (Å²) >= 11 is 1.48. The molecule has 1 aliphatic carbocycles. The molecule has 1 amide bonds. The number of hydrogen-bond donors (Lipinski definition) is 3. The number of amides is 1. The molecular formula is C17H21N7O2S. The van der Waals surface area contributed by atoms with Crippen molar-refractivity contribution < 1.29 is 9.53 Å². The topological polar surface area (TPSA) is 118 Å². The van der Waals surface area contributed by atoms with Crippen LogP contribution in [0.1, 0.15) is 44.7 Å². The number of fused-ring (bicyclic) bond motifs is 1. The van der Waals surface area contributed by atoms with Crippen LogP contribution < -0.4 is 10.6 Å². The van der Waals surface area contributed by atoms with Gasteiger partial charge in [0.05, 0.1) is 5.51 Å². The Balaban J connectivity index is 1.38. The third-order valence-corrected chi connectivity index (χ3v) is 5.30. The molecule has 3 aromatic rings. The highest BCUT2D eigenvalue weighted by atomic mass is 32.1. The monoisotopic (exact) mass is 387 g/mol. The van der Waals surface area contributed by atoms with E-state index in [1.807, 2.05) is 19.9 Å². The average Bonchev–Trinajstić information content (AvgIpc) is 3.33. The summed E-state index contributed by atoms with van der Waals surface area (Å²) in [7, 11) is 0. The number of thiazole rings is 1. The molecule has 1 aliphatic rings. The summed E-state index contributed by atoms with van der Waals surface area (Å²) in [5.74, 6) is 1.68. The van der Waals surface area contributed by atoms with E-state index in [2.05, 4.69) is 35.8 Å². The molecule has 27 heavy (non-hydrogen) atoms. The van der Waals surface area contributed by atoms with Crippen molar-refractivity contribution in [3.8, 4) is 0 Å². The van der Waals surface area contributed by atoms with Crippen LogP contribution in [-0.2, 0) is 4.74 Å². The second-order valence-electron chi connectivity index (χ2n) is 6.90. The lowest BCUT2D eigenvalue weighted by atomic mass is 10.0. The van der Waals surface area contributed by atoms with Gasteiger partial charge in [-0.25, -0.2) is 19.7 Å². The fourth-order valence-corrected chi connectivity index (χ4v) is 3.95. The zero-order valence-electron chi connectivity index (χ0n) is 15.1. The number of nitrogens with zero attached hydrogens (tertiary/aromatic N) is 4. The largest absolute Gasteiger partial charge is 0.446 e. The third kappa shape index (κ3) is 4.00. The molecule has 0 aromatic carbocycles. The predicted octanol–water partition coefficient (Wildman–Crippen LogP) is 3.32. The van der Waals surface area contributed by atoms with Gasteiger partial charge in [-0.1, -0.05) is 0 Å². The van der Waals surface area contributed by atoms with Crippen LogP contribution in [0.25, 0.3) is 10.3 Å². The summed E-state index contributed by atoms with van der Waals surface area (Å²) in [6.07, 6.45) is 3.67. The van der Waals surface area contributed by atoms with Gasteiger partial charge in [-0.05, 0) is 33.1 Å². The van der Waals surface area contributed by atoms with Gasteiger partial charge in [0, 0.05) is 23.7 Å². The number of carbonyl (C=O) groups excluding carboxylic acids is 1. The van der Waals surface area contributed by atoms with Crippen LogP contribution in [-0.4, -0.2) is 43.4 Å². The van der Waals surface area contributed by atoms with Crippen molar-refractivity contribution >= 4 is 39.4 Å². The molecule has 0 spiro atoms. The number of ether oxygens (including phenoxy) is 1. The first-order chi connectivity index (χ1) is 13.1. The van der Waals surface area contributed by atoms with E-state index in [0.29, 0.717) is 23.2 Å². The fraction of sp³-hybridized carbons (Fsp3) is 0.471. The quantitative estimate of drug-likeness (QED) is 0.614. The molecule has 2 atom stereocenters. The van der Waals surface area contributed by atoms with E-state index in [4.69, 9.17) is 4.74 Å². The summed E-state index contributed by atoms with van der Waals surface area (Å²) in [4.78, 5) is 24.4. The number of nitrogens with one attached hydrogen (secondary N) is 3. The Bertz CT molecular complexity index is 938. The van der Waals surface area contributed by atoms with E-state index < -0.39 is 0 Å². The fourth-order valence-electron chi connectivity index (χ4n) is 3.26. The highest BCUT2D eigenvalue weighted by Gasteiger charge is 2.30. The van der Waals surface area contributed by atoms with Gasteiger partial charge in [-0.15, -0.1) is 11.3 Å². The second-order valence-corrected chi connectivity index (χ2v) is 7.75. The molecule has 142 valence electrons. The Kier molecular flexibility index (Phi) is 4.88. The summed E-state index contributed by atoms with van der Waals surface area (Å²) in [6, 6.07) is 2.05. The van der Waals surface area contributed by atoms with E-state index >= 15 is 0 Å². The molecule has 1 saturated carbocycles. The zero-order chi connectivity index (χ0) is 18.8. The minimum absolute atomic E-state index is 0.0628. The van der Waals surface area contributed by atoms with Crippen LogP contribution in [0.15, 0.2) is 17.9 Å². The van der Waals surface area contributed by atoms with Crippen molar-refractivity contribution in [1.29, 1.82) is 0 Å². The Morgan fingerprint density at radius 3 is 3.07 bits per heavy atom. The summed E-state index contributed by atoms with van der Waals surface area (Å²) in [6.45, 7) is 3.82. The number of H-pyrrole nitrogens is 1. The molecule has 2 unspecified atom stereocenters. The van der Waals surface area contributed by atoms with E-state index in [0.717, 1.165) is 29.7 Å². The summed E-state index contributed by atoms with van der Waals surface area (Å²) in [5.41, 5.74) is 3.44. The number of aromatic nitrogens is 5. The lowest BCUT2D eigenvalue weighted by molar-refractivity contribution is 0.0981. The van der Waals surface area contributed by atoms with Gasteiger partial charge in [0.25, 0.3) is 0 Å². The molecule has 0 bridgehead atoms. The maximum absolute atomic E-state index is 11.8. The van der Waals surface area contributed by atoms with E-state index in [-0.39, 0.29) is 18.2 Å². The predicted molar refractivity (Wildman–Crippen MR) is 102 cm³/mol. The second kappa shape index (κ2) is 7.47.